The molecule has 1 heterocycles. The molecule has 1 aromatic heterocycles. The lowest BCUT2D eigenvalue weighted by molar-refractivity contribution is -0.117. The van der Waals surface area contributed by atoms with E-state index in [1.54, 1.807) is 5.51 Å². The summed E-state index contributed by atoms with van der Waals surface area (Å²) in [6.45, 7) is 0. The van der Waals surface area contributed by atoms with Gasteiger partial charge in [-0.3, -0.25) is 4.79 Å². The number of anilines is 1. The van der Waals surface area contributed by atoms with Gasteiger partial charge in [-0.25, -0.2) is 0 Å². The molecule has 2 aromatic rings. The van der Waals surface area contributed by atoms with Crippen LogP contribution in [0.3, 0.4) is 0 Å². The van der Waals surface area contributed by atoms with Crippen molar-refractivity contribution in [3.05, 3.63) is 41.4 Å². The lowest BCUT2D eigenvalue weighted by atomic mass is 10.1. The van der Waals surface area contributed by atoms with Crippen LogP contribution in [0.4, 0.5) is 5.13 Å². The van der Waals surface area contributed by atoms with Crippen molar-refractivity contribution in [3.8, 4) is 0 Å². The number of hydrogen-bond donors (Lipinski definition) is 1. The van der Waals surface area contributed by atoms with Crippen LogP contribution >= 0.6 is 11.3 Å². The van der Waals surface area contributed by atoms with Crippen molar-refractivity contribution in [2.45, 2.75) is 12.3 Å². The number of carbonyl (C=O) groups is 1. The second-order valence-electron chi connectivity index (χ2n) is 4.09. The first-order valence-corrected chi connectivity index (χ1v) is 6.34. The van der Waals surface area contributed by atoms with E-state index in [4.69, 9.17) is 0 Å². The number of amides is 1. The molecule has 1 N–H and O–H groups in total. The van der Waals surface area contributed by atoms with Crippen molar-refractivity contribution in [2.75, 3.05) is 5.32 Å². The largest absolute Gasteiger partial charge is 0.300 e. The van der Waals surface area contributed by atoms with E-state index in [9.17, 15) is 4.79 Å². The summed E-state index contributed by atoms with van der Waals surface area (Å²) in [5.74, 6) is 0.501. The second kappa shape index (κ2) is 4.25. The fourth-order valence-electron chi connectivity index (χ4n) is 1.98. The predicted molar refractivity (Wildman–Crippen MR) is 65.8 cm³/mol. The molecule has 1 saturated carbocycles. The second-order valence-corrected chi connectivity index (χ2v) is 4.93. The molecule has 0 saturated heterocycles. The minimum atomic E-state index is 0.0515. The molecule has 4 nitrogen and oxygen atoms in total. The molecule has 0 spiro atoms. The quantitative estimate of drug-likeness (QED) is 0.902. The van der Waals surface area contributed by atoms with Gasteiger partial charge in [0.2, 0.25) is 11.0 Å². The van der Waals surface area contributed by atoms with E-state index >= 15 is 0 Å². The van der Waals surface area contributed by atoms with Crippen molar-refractivity contribution in [3.63, 3.8) is 0 Å². The van der Waals surface area contributed by atoms with Crippen LogP contribution in [0.15, 0.2) is 35.8 Å². The third-order valence-electron chi connectivity index (χ3n) is 2.95. The zero-order valence-electron chi connectivity index (χ0n) is 9.04. The van der Waals surface area contributed by atoms with Crippen LogP contribution in [0, 0.1) is 5.92 Å². The van der Waals surface area contributed by atoms with E-state index in [2.05, 4.69) is 27.6 Å². The first kappa shape index (κ1) is 10.4. The lowest BCUT2D eigenvalue weighted by Gasteiger charge is -2.00. The minimum absolute atomic E-state index is 0.0515. The van der Waals surface area contributed by atoms with Gasteiger partial charge >= 0.3 is 0 Å². The lowest BCUT2D eigenvalue weighted by Crippen LogP contribution is -2.14. The third-order valence-corrected chi connectivity index (χ3v) is 3.55. The maximum Gasteiger partial charge on any atom is 0.229 e. The van der Waals surface area contributed by atoms with Crippen LogP contribution in [-0.2, 0) is 4.79 Å². The molecule has 1 fully saturated rings. The van der Waals surface area contributed by atoms with Crippen molar-refractivity contribution in [2.24, 2.45) is 5.92 Å². The Morgan fingerprint density at radius 2 is 2.18 bits per heavy atom. The van der Waals surface area contributed by atoms with Crippen molar-refractivity contribution in [1.82, 2.24) is 10.2 Å². The van der Waals surface area contributed by atoms with Gasteiger partial charge in [0, 0.05) is 5.92 Å². The molecule has 1 aromatic carbocycles. The summed E-state index contributed by atoms with van der Waals surface area (Å²) < 4.78 is 0. The molecule has 2 atom stereocenters. The molecule has 3 rings (SSSR count). The average molecular weight is 245 g/mol. The molecule has 0 unspecified atom stereocenters. The van der Waals surface area contributed by atoms with Crippen LogP contribution in [0.25, 0.3) is 0 Å². The molecule has 0 aliphatic heterocycles. The fraction of sp³-hybridized carbons (Fsp3) is 0.250. The number of benzene rings is 1. The molecule has 86 valence electrons. The molecule has 0 bridgehead atoms. The zero-order valence-corrected chi connectivity index (χ0v) is 9.85. The maximum atomic E-state index is 11.9. The standard InChI is InChI=1S/C12H11N3OS/c16-11(14-12-15-13-7-17-12)10-6-9(10)8-4-2-1-3-5-8/h1-5,7,9-10H,6H2,(H,14,15,16)/t9-,10+/m0/s1. The Balaban J connectivity index is 1.63. The Kier molecular flexibility index (Phi) is 2.60. The number of rotatable bonds is 3. The summed E-state index contributed by atoms with van der Waals surface area (Å²) in [5, 5.41) is 10.9. The molecule has 0 radical (unpaired) electrons. The van der Waals surface area contributed by atoms with E-state index in [0.29, 0.717) is 11.0 Å². The van der Waals surface area contributed by atoms with Gasteiger partial charge in [0.25, 0.3) is 0 Å². The van der Waals surface area contributed by atoms with Gasteiger partial charge in [-0.15, -0.1) is 10.2 Å². The Morgan fingerprint density at radius 1 is 1.35 bits per heavy atom. The summed E-state index contributed by atoms with van der Waals surface area (Å²) in [4.78, 5) is 11.9. The van der Waals surface area contributed by atoms with Crippen LogP contribution in [-0.4, -0.2) is 16.1 Å². The Labute approximate surface area is 103 Å². The highest BCUT2D eigenvalue weighted by molar-refractivity contribution is 7.13. The van der Waals surface area contributed by atoms with E-state index in [-0.39, 0.29) is 11.8 Å². The highest BCUT2D eigenvalue weighted by Crippen LogP contribution is 2.47. The first-order valence-electron chi connectivity index (χ1n) is 5.46. The molecular formula is C12H11N3OS. The number of nitrogens with zero attached hydrogens (tertiary/aromatic N) is 2. The molecule has 1 aliphatic rings. The van der Waals surface area contributed by atoms with Crippen LogP contribution in [0.2, 0.25) is 0 Å². The first-order chi connectivity index (χ1) is 8.34. The monoisotopic (exact) mass is 245 g/mol. The highest BCUT2D eigenvalue weighted by Gasteiger charge is 2.43. The molecule has 5 heteroatoms. The summed E-state index contributed by atoms with van der Waals surface area (Å²) in [7, 11) is 0. The Morgan fingerprint density at radius 3 is 2.88 bits per heavy atom. The number of aromatic nitrogens is 2. The predicted octanol–water partition coefficient (Wildman–Crippen LogP) is 2.28. The van der Waals surface area contributed by atoms with Gasteiger partial charge in [-0.1, -0.05) is 41.7 Å². The zero-order chi connectivity index (χ0) is 11.7. The van der Waals surface area contributed by atoms with E-state index in [1.165, 1.54) is 16.9 Å². The number of hydrogen-bond acceptors (Lipinski definition) is 4. The average Bonchev–Trinajstić information content (AvgIpc) is 3.02. The third kappa shape index (κ3) is 2.19. The fourth-order valence-corrected chi connectivity index (χ4v) is 2.43. The number of carbonyl (C=O) groups excluding carboxylic acids is 1. The van der Waals surface area contributed by atoms with E-state index < -0.39 is 0 Å². The Bertz CT molecular complexity index is 512. The van der Waals surface area contributed by atoms with Gasteiger partial charge in [0.15, 0.2) is 0 Å². The van der Waals surface area contributed by atoms with Gasteiger partial charge in [-0.05, 0) is 17.9 Å². The topological polar surface area (TPSA) is 54.9 Å². The summed E-state index contributed by atoms with van der Waals surface area (Å²) in [6, 6.07) is 10.1. The van der Waals surface area contributed by atoms with Crippen LogP contribution in [0.5, 0.6) is 0 Å². The van der Waals surface area contributed by atoms with Gasteiger partial charge in [-0.2, -0.15) is 0 Å². The number of nitrogens with one attached hydrogen (secondary N) is 1. The molecule has 17 heavy (non-hydrogen) atoms. The molecular weight excluding hydrogens is 234 g/mol. The van der Waals surface area contributed by atoms with E-state index in [0.717, 1.165) is 6.42 Å². The molecule has 1 amide bonds. The van der Waals surface area contributed by atoms with Crippen molar-refractivity contribution >= 4 is 22.4 Å². The summed E-state index contributed by atoms with van der Waals surface area (Å²) in [6.07, 6.45) is 0.925. The van der Waals surface area contributed by atoms with Crippen LogP contribution in [0.1, 0.15) is 17.9 Å². The van der Waals surface area contributed by atoms with Gasteiger partial charge in [0.05, 0.1) is 0 Å². The van der Waals surface area contributed by atoms with Gasteiger partial charge < -0.3 is 5.32 Å². The minimum Gasteiger partial charge on any atom is -0.300 e. The Hall–Kier alpha value is -1.75. The van der Waals surface area contributed by atoms with Crippen molar-refractivity contribution in [1.29, 1.82) is 0 Å². The van der Waals surface area contributed by atoms with Crippen molar-refractivity contribution < 1.29 is 4.79 Å². The highest BCUT2D eigenvalue weighted by atomic mass is 32.1. The SMILES string of the molecule is O=C(Nc1nncs1)[C@@H]1C[C@H]1c1ccccc1. The van der Waals surface area contributed by atoms with E-state index in [1.807, 2.05) is 18.2 Å². The molecule has 1 aliphatic carbocycles. The summed E-state index contributed by atoms with van der Waals surface area (Å²) in [5.41, 5.74) is 2.85. The van der Waals surface area contributed by atoms with Crippen LogP contribution < -0.4 is 5.32 Å². The normalized spacial score (nSPS) is 22.1. The smallest absolute Gasteiger partial charge is 0.229 e. The summed E-state index contributed by atoms with van der Waals surface area (Å²) >= 11 is 1.34. The van der Waals surface area contributed by atoms with Gasteiger partial charge in [0.1, 0.15) is 5.51 Å². The maximum absolute atomic E-state index is 11.9.